The van der Waals surface area contributed by atoms with Gasteiger partial charge in [0, 0.05) is 25.2 Å². The van der Waals surface area contributed by atoms with E-state index in [1.165, 1.54) is 5.56 Å². The van der Waals surface area contributed by atoms with Crippen molar-refractivity contribution >= 4 is 5.82 Å². The molecule has 134 valence electrons. The quantitative estimate of drug-likeness (QED) is 0.895. The number of methoxy groups -OCH3 is 1. The van der Waals surface area contributed by atoms with E-state index < -0.39 is 0 Å². The van der Waals surface area contributed by atoms with Crippen molar-refractivity contribution in [2.24, 2.45) is 0 Å². The molecule has 0 bridgehead atoms. The standard InChI is InChI=1S/C20H27N3O2/c1-20(2,3)19-21-15(13-24-4)12-17(23-19)22-16-10-11-25-18(16)14-8-6-5-7-9-14/h5-9,12,16,18H,10-11,13H2,1-4H3,(H,21,22,23). The Bertz CT molecular complexity index is 698. The SMILES string of the molecule is COCc1cc(NC2CCOC2c2ccccc2)nc(C(C)(C)C)n1. The van der Waals surface area contributed by atoms with Crippen LogP contribution in [0.2, 0.25) is 0 Å². The van der Waals surface area contributed by atoms with Gasteiger partial charge in [0.05, 0.1) is 18.3 Å². The predicted octanol–water partition coefficient (Wildman–Crippen LogP) is 3.86. The fraction of sp³-hybridized carbons (Fsp3) is 0.500. The molecule has 5 heteroatoms. The van der Waals surface area contributed by atoms with Crippen LogP contribution in [0.4, 0.5) is 5.82 Å². The second kappa shape index (κ2) is 7.50. The highest BCUT2D eigenvalue weighted by Crippen LogP contribution is 2.31. The molecule has 1 aromatic carbocycles. The number of anilines is 1. The molecule has 2 aromatic rings. The molecule has 0 spiro atoms. The van der Waals surface area contributed by atoms with Gasteiger partial charge in [0.15, 0.2) is 0 Å². The van der Waals surface area contributed by atoms with Gasteiger partial charge in [-0.2, -0.15) is 0 Å². The number of rotatable bonds is 5. The third-order valence-corrected chi connectivity index (χ3v) is 4.30. The van der Waals surface area contributed by atoms with Crippen molar-refractivity contribution in [1.82, 2.24) is 9.97 Å². The Morgan fingerprint density at radius 2 is 1.96 bits per heavy atom. The number of nitrogens with one attached hydrogen (secondary N) is 1. The molecule has 2 unspecified atom stereocenters. The fourth-order valence-electron chi connectivity index (χ4n) is 3.03. The van der Waals surface area contributed by atoms with E-state index >= 15 is 0 Å². The van der Waals surface area contributed by atoms with E-state index in [0.717, 1.165) is 30.4 Å². The van der Waals surface area contributed by atoms with Gasteiger partial charge in [0.1, 0.15) is 17.7 Å². The maximum atomic E-state index is 5.97. The molecule has 25 heavy (non-hydrogen) atoms. The zero-order chi connectivity index (χ0) is 17.9. The van der Waals surface area contributed by atoms with Crippen LogP contribution in [0.5, 0.6) is 0 Å². The molecule has 1 fully saturated rings. The molecule has 1 aromatic heterocycles. The van der Waals surface area contributed by atoms with Gasteiger partial charge in [-0.3, -0.25) is 0 Å². The van der Waals surface area contributed by atoms with Gasteiger partial charge < -0.3 is 14.8 Å². The van der Waals surface area contributed by atoms with Crippen LogP contribution in [0.15, 0.2) is 36.4 Å². The minimum atomic E-state index is -0.120. The Labute approximate surface area is 149 Å². The third kappa shape index (κ3) is 4.35. The van der Waals surface area contributed by atoms with Gasteiger partial charge in [0.25, 0.3) is 0 Å². The molecular weight excluding hydrogens is 314 g/mol. The van der Waals surface area contributed by atoms with Gasteiger partial charge in [-0.25, -0.2) is 9.97 Å². The van der Waals surface area contributed by atoms with E-state index in [0.29, 0.717) is 6.61 Å². The fourth-order valence-corrected chi connectivity index (χ4v) is 3.03. The Hall–Kier alpha value is -1.98. The smallest absolute Gasteiger partial charge is 0.136 e. The summed E-state index contributed by atoms with van der Waals surface area (Å²) in [6.45, 7) is 7.58. The molecule has 0 amide bonds. The summed E-state index contributed by atoms with van der Waals surface area (Å²) in [6, 6.07) is 12.5. The van der Waals surface area contributed by atoms with Crippen molar-refractivity contribution in [1.29, 1.82) is 0 Å². The van der Waals surface area contributed by atoms with E-state index in [4.69, 9.17) is 14.5 Å². The minimum absolute atomic E-state index is 0.0418. The molecular formula is C20H27N3O2. The lowest BCUT2D eigenvalue weighted by Crippen LogP contribution is -2.25. The number of hydrogen-bond acceptors (Lipinski definition) is 5. The molecule has 0 saturated carbocycles. The Balaban J connectivity index is 1.85. The Morgan fingerprint density at radius 1 is 1.20 bits per heavy atom. The lowest BCUT2D eigenvalue weighted by Gasteiger charge is -2.23. The van der Waals surface area contributed by atoms with E-state index in [9.17, 15) is 0 Å². The molecule has 0 aliphatic carbocycles. The molecule has 3 rings (SSSR count). The maximum Gasteiger partial charge on any atom is 0.136 e. The zero-order valence-corrected chi connectivity index (χ0v) is 15.5. The molecule has 0 radical (unpaired) electrons. The van der Waals surface area contributed by atoms with Gasteiger partial charge >= 0.3 is 0 Å². The van der Waals surface area contributed by atoms with Gasteiger partial charge in [-0.1, -0.05) is 51.1 Å². The van der Waals surface area contributed by atoms with Gasteiger partial charge in [0.2, 0.25) is 0 Å². The van der Waals surface area contributed by atoms with Crippen molar-refractivity contribution in [2.45, 2.75) is 51.4 Å². The summed E-state index contributed by atoms with van der Waals surface area (Å²) >= 11 is 0. The van der Waals surface area contributed by atoms with Crippen LogP contribution in [0.3, 0.4) is 0 Å². The van der Waals surface area contributed by atoms with E-state index in [-0.39, 0.29) is 17.6 Å². The lowest BCUT2D eigenvalue weighted by molar-refractivity contribution is 0.107. The van der Waals surface area contributed by atoms with Crippen molar-refractivity contribution in [3.05, 3.63) is 53.5 Å². The maximum absolute atomic E-state index is 5.97. The summed E-state index contributed by atoms with van der Waals surface area (Å²) in [5, 5.41) is 3.57. The highest BCUT2D eigenvalue weighted by atomic mass is 16.5. The topological polar surface area (TPSA) is 56.3 Å². The molecule has 2 heterocycles. The average Bonchev–Trinajstić information content (AvgIpc) is 3.03. The molecule has 1 aliphatic rings. The van der Waals surface area contributed by atoms with Crippen LogP contribution in [0.1, 0.15) is 50.4 Å². The number of hydrogen-bond donors (Lipinski definition) is 1. The first-order valence-corrected chi connectivity index (χ1v) is 8.78. The van der Waals surface area contributed by atoms with Crippen LogP contribution in [0.25, 0.3) is 0 Å². The lowest BCUT2D eigenvalue weighted by atomic mass is 9.95. The second-order valence-electron chi connectivity index (χ2n) is 7.49. The van der Waals surface area contributed by atoms with Crippen molar-refractivity contribution in [3.63, 3.8) is 0 Å². The van der Waals surface area contributed by atoms with Crippen molar-refractivity contribution in [3.8, 4) is 0 Å². The van der Waals surface area contributed by atoms with Gasteiger partial charge in [-0.15, -0.1) is 0 Å². The first-order valence-electron chi connectivity index (χ1n) is 8.78. The van der Waals surface area contributed by atoms with Crippen LogP contribution in [-0.2, 0) is 21.5 Å². The third-order valence-electron chi connectivity index (χ3n) is 4.30. The summed E-state index contributed by atoms with van der Waals surface area (Å²) in [7, 11) is 1.68. The molecule has 1 saturated heterocycles. The van der Waals surface area contributed by atoms with Crippen molar-refractivity contribution < 1.29 is 9.47 Å². The van der Waals surface area contributed by atoms with Crippen LogP contribution in [-0.4, -0.2) is 29.7 Å². The summed E-state index contributed by atoms with van der Waals surface area (Å²) in [5.41, 5.74) is 1.96. The summed E-state index contributed by atoms with van der Waals surface area (Å²) in [6.07, 6.45) is 0.994. The molecule has 1 aliphatic heterocycles. The first-order chi connectivity index (χ1) is 12.0. The zero-order valence-electron chi connectivity index (χ0n) is 15.5. The predicted molar refractivity (Wildman–Crippen MR) is 98.6 cm³/mol. The first kappa shape index (κ1) is 17.8. The number of ether oxygens (including phenoxy) is 2. The molecule has 2 atom stereocenters. The van der Waals surface area contributed by atoms with Crippen LogP contribution < -0.4 is 5.32 Å². The number of nitrogens with zero attached hydrogens (tertiary/aromatic N) is 2. The summed E-state index contributed by atoms with van der Waals surface area (Å²) < 4.78 is 11.2. The number of benzene rings is 1. The average molecular weight is 341 g/mol. The molecule has 1 N–H and O–H groups in total. The Kier molecular flexibility index (Phi) is 5.35. The van der Waals surface area contributed by atoms with Crippen LogP contribution in [0, 0.1) is 0 Å². The summed E-state index contributed by atoms with van der Waals surface area (Å²) in [5.74, 6) is 1.66. The minimum Gasteiger partial charge on any atom is -0.378 e. The van der Waals surface area contributed by atoms with Gasteiger partial charge in [-0.05, 0) is 12.0 Å². The Morgan fingerprint density at radius 3 is 2.64 bits per heavy atom. The van der Waals surface area contributed by atoms with E-state index in [1.807, 2.05) is 24.3 Å². The van der Waals surface area contributed by atoms with E-state index in [1.54, 1.807) is 7.11 Å². The molecule has 5 nitrogen and oxygen atoms in total. The monoisotopic (exact) mass is 341 g/mol. The second-order valence-corrected chi connectivity index (χ2v) is 7.49. The highest BCUT2D eigenvalue weighted by Gasteiger charge is 2.30. The number of aromatic nitrogens is 2. The normalized spacial score (nSPS) is 20.6. The summed E-state index contributed by atoms with van der Waals surface area (Å²) in [4.78, 5) is 9.38. The van der Waals surface area contributed by atoms with Crippen molar-refractivity contribution in [2.75, 3.05) is 19.0 Å². The largest absolute Gasteiger partial charge is 0.378 e. The van der Waals surface area contributed by atoms with Crippen LogP contribution >= 0.6 is 0 Å². The highest BCUT2D eigenvalue weighted by molar-refractivity contribution is 5.39. The van der Waals surface area contributed by atoms with E-state index in [2.05, 4.69) is 43.2 Å².